The van der Waals surface area contributed by atoms with Crippen LogP contribution in [0.2, 0.25) is 5.02 Å². The van der Waals surface area contributed by atoms with Crippen molar-refractivity contribution in [2.24, 2.45) is 0 Å². The quantitative estimate of drug-likeness (QED) is 0.399. The van der Waals surface area contributed by atoms with Gasteiger partial charge in [-0.25, -0.2) is 4.68 Å². The Morgan fingerprint density at radius 3 is 2.62 bits per heavy atom. The van der Waals surface area contributed by atoms with Crippen LogP contribution in [0.4, 0.5) is 11.6 Å². The summed E-state index contributed by atoms with van der Waals surface area (Å²) < 4.78 is 7.18. The molecule has 1 aliphatic rings. The molecule has 8 heteroatoms. The van der Waals surface area contributed by atoms with E-state index in [0.29, 0.717) is 39.5 Å². The summed E-state index contributed by atoms with van der Waals surface area (Å²) in [5, 5.41) is 11.6. The smallest absolute Gasteiger partial charge is 0.255 e. The van der Waals surface area contributed by atoms with Crippen molar-refractivity contribution in [1.29, 1.82) is 0 Å². The second-order valence-corrected chi connectivity index (χ2v) is 8.31. The first-order valence-electron chi connectivity index (χ1n) is 10.7. The van der Waals surface area contributed by atoms with Gasteiger partial charge in [-0.15, -0.1) is 5.10 Å². The molecule has 5 rings (SSSR count). The number of anilines is 2. The number of rotatable bonds is 5. The number of carbonyl (C=O) groups excluding carboxylic acids is 1. The summed E-state index contributed by atoms with van der Waals surface area (Å²) in [6.07, 6.45) is 0. The average molecular weight is 472 g/mol. The SMILES string of the molecule is COc1cccc(C2C(C(=O)Nc3ccccc3)=C(C)Nc3nc(-c4cccc(Cl)c4)nn32)c1. The summed E-state index contributed by atoms with van der Waals surface area (Å²) in [7, 11) is 1.61. The molecule has 0 bridgehead atoms. The van der Waals surface area contributed by atoms with Crippen LogP contribution in [0.3, 0.4) is 0 Å². The minimum atomic E-state index is -0.518. The fraction of sp³-hybridized carbons (Fsp3) is 0.115. The molecule has 0 fully saturated rings. The van der Waals surface area contributed by atoms with E-state index in [2.05, 4.69) is 10.6 Å². The fourth-order valence-corrected chi connectivity index (χ4v) is 4.22. The molecule has 1 aliphatic heterocycles. The highest BCUT2D eigenvalue weighted by molar-refractivity contribution is 6.30. The molecule has 1 unspecified atom stereocenters. The highest BCUT2D eigenvalue weighted by Crippen LogP contribution is 2.38. The summed E-state index contributed by atoms with van der Waals surface area (Å²) in [6.45, 7) is 1.87. The predicted molar refractivity (Wildman–Crippen MR) is 133 cm³/mol. The maximum Gasteiger partial charge on any atom is 0.255 e. The van der Waals surface area contributed by atoms with Gasteiger partial charge in [0.05, 0.1) is 12.7 Å². The van der Waals surface area contributed by atoms with Gasteiger partial charge in [0.1, 0.15) is 11.8 Å². The van der Waals surface area contributed by atoms with Gasteiger partial charge in [-0.3, -0.25) is 4.79 Å². The largest absolute Gasteiger partial charge is 0.497 e. The van der Waals surface area contributed by atoms with Gasteiger partial charge in [-0.1, -0.05) is 54.1 Å². The third-order valence-electron chi connectivity index (χ3n) is 5.62. The molecule has 0 saturated carbocycles. The third kappa shape index (κ3) is 4.13. The van der Waals surface area contributed by atoms with Gasteiger partial charge in [0, 0.05) is 22.0 Å². The molecule has 0 aliphatic carbocycles. The Bertz CT molecular complexity index is 1400. The average Bonchev–Trinajstić information content (AvgIpc) is 3.27. The standard InChI is InChI=1S/C26H22ClN5O2/c1-16-22(25(33)29-20-11-4-3-5-12-20)23(17-8-7-13-21(15-17)34-2)32-26(28-16)30-24(31-32)18-9-6-10-19(27)14-18/h3-15,23H,1-2H3,(H,29,33)(H,28,30,31). The molecule has 7 nitrogen and oxygen atoms in total. The number of methoxy groups -OCH3 is 1. The molecule has 1 aromatic heterocycles. The topological polar surface area (TPSA) is 81.1 Å². The Morgan fingerprint density at radius 1 is 1.06 bits per heavy atom. The first-order chi connectivity index (χ1) is 16.5. The van der Waals surface area contributed by atoms with Gasteiger partial charge in [-0.2, -0.15) is 4.98 Å². The van der Waals surface area contributed by atoms with Crippen molar-refractivity contribution in [3.8, 4) is 17.1 Å². The van der Waals surface area contributed by atoms with Crippen molar-refractivity contribution in [2.45, 2.75) is 13.0 Å². The Labute approximate surface area is 202 Å². The normalized spacial score (nSPS) is 14.9. The van der Waals surface area contributed by atoms with Crippen LogP contribution in [0.25, 0.3) is 11.4 Å². The summed E-state index contributed by atoms with van der Waals surface area (Å²) in [6, 6.07) is 23.8. The van der Waals surface area contributed by atoms with Gasteiger partial charge < -0.3 is 15.4 Å². The molecule has 170 valence electrons. The lowest BCUT2D eigenvalue weighted by Gasteiger charge is -2.28. The minimum absolute atomic E-state index is 0.227. The van der Waals surface area contributed by atoms with Crippen LogP contribution in [-0.2, 0) is 4.79 Å². The number of allylic oxidation sites excluding steroid dienone is 1. The number of nitrogens with one attached hydrogen (secondary N) is 2. The van der Waals surface area contributed by atoms with Crippen molar-refractivity contribution in [2.75, 3.05) is 17.7 Å². The number of hydrogen-bond donors (Lipinski definition) is 2. The number of fused-ring (bicyclic) bond motifs is 1. The third-order valence-corrected chi connectivity index (χ3v) is 5.86. The molecule has 2 N–H and O–H groups in total. The van der Waals surface area contributed by atoms with Crippen molar-refractivity contribution in [3.05, 3.63) is 101 Å². The fourth-order valence-electron chi connectivity index (χ4n) is 4.03. The summed E-state index contributed by atoms with van der Waals surface area (Å²) in [5.41, 5.74) is 3.57. The Morgan fingerprint density at radius 2 is 1.85 bits per heavy atom. The second-order valence-electron chi connectivity index (χ2n) is 7.88. The van der Waals surface area contributed by atoms with E-state index in [1.54, 1.807) is 17.9 Å². The number of ether oxygens (including phenoxy) is 1. The Balaban J connectivity index is 1.62. The zero-order chi connectivity index (χ0) is 23.7. The Hall–Kier alpha value is -4.10. The summed E-state index contributed by atoms with van der Waals surface area (Å²) in [5.74, 6) is 1.51. The minimum Gasteiger partial charge on any atom is -0.497 e. The maximum atomic E-state index is 13.5. The highest BCUT2D eigenvalue weighted by atomic mass is 35.5. The van der Waals surface area contributed by atoms with E-state index in [9.17, 15) is 4.79 Å². The van der Waals surface area contributed by atoms with Crippen molar-refractivity contribution in [3.63, 3.8) is 0 Å². The number of nitrogens with zero attached hydrogens (tertiary/aromatic N) is 3. The van der Waals surface area contributed by atoms with E-state index in [-0.39, 0.29) is 5.91 Å². The maximum absolute atomic E-state index is 13.5. The van der Waals surface area contributed by atoms with Gasteiger partial charge in [-0.05, 0) is 48.9 Å². The second kappa shape index (κ2) is 9.03. The van der Waals surface area contributed by atoms with E-state index >= 15 is 0 Å². The number of benzene rings is 3. The number of halogens is 1. The molecule has 0 spiro atoms. The molecule has 0 saturated heterocycles. The molecule has 0 radical (unpaired) electrons. The van der Waals surface area contributed by atoms with E-state index in [0.717, 1.165) is 11.1 Å². The molecule has 1 amide bonds. The van der Waals surface area contributed by atoms with E-state index in [1.807, 2.05) is 79.7 Å². The monoisotopic (exact) mass is 471 g/mol. The molecular weight excluding hydrogens is 450 g/mol. The lowest BCUT2D eigenvalue weighted by atomic mass is 9.95. The lowest BCUT2D eigenvalue weighted by Crippen LogP contribution is -2.31. The zero-order valence-corrected chi connectivity index (χ0v) is 19.4. The van der Waals surface area contributed by atoms with Crippen LogP contribution < -0.4 is 15.4 Å². The van der Waals surface area contributed by atoms with Crippen LogP contribution in [-0.4, -0.2) is 27.8 Å². The predicted octanol–water partition coefficient (Wildman–Crippen LogP) is 5.53. The van der Waals surface area contributed by atoms with Crippen LogP contribution >= 0.6 is 11.6 Å². The molecular formula is C26H22ClN5O2. The number of para-hydroxylation sites is 1. The molecule has 2 heterocycles. The first kappa shape index (κ1) is 21.7. The summed E-state index contributed by atoms with van der Waals surface area (Å²) in [4.78, 5) is 18.2. The number of amides is 1. The zero-order valence-electron chi connectivity index (χ0n) is 18.6. The first-order valence-corrected chi connectivity index (χ1v) is 11.1. The van der Waals surface area contributed by atoms with E-state index in [4.69, 9.17) is 26.4 Å². The van der Waals surface area contributed by atoms with Crippen LogP contribution in [0, 0.1) is 0 Å². The molecule has 1 atom stereocenters. The Kier molecular flexibility index (Phi) is 5.77. The van der Waals surface area contributed by atoms with Crippen molar-refractivity contribution < 1.29 is 9.53 Å². The lowest BCUT2D eigenvalue weighted by molar-refractivity contribution is -0.113. The van der Waals surface area contributed by atoms with Crippen LogP contribution in [0.5, 0.6) is 5.75 Å². The number of aromatic nitrogens is 3. The van der Waals surface area contributed by atoms with Gasteiger partial charge >= 0.3 is 0 Å². The number of carbonyl (C=O) groups is 1. The molecule has 4 aromatic rings. The highest BCUT2D eigenvalue weighted by Gasteiger charge is 2.34. The van der Waals surface area contributed by atoms with Gasteiger partial charge in [0.2, 0.25) is 5.95 Å². The summed E-state index contributed by atoms with van der Waals surface area (Å²) >= 11 is 6.19. The van der Waals surface area contributed by atoms with Crippen molar-refractivity contribution in [1.82, 2.24) is 14.8 Å². The van der Waals surface area contributed by atoms with Crippen LogP contribution in [0.1, 0.15) is 18.5 Å². The number of hydrogen-bond acceptors (Lipinski definition) is 5. The van der Waals surface area contributed by atoms with Gasteiger partial charge in [0.15, 0.2) is 5.82 Å². The molecule has 34 heavy (non-hydrogen) atoms. The van der Waals surface area contributed by atoms with Crippen LogP contribution in [0.15, 0.2) is 90.1 Å². The molecule has 3 aromatic carbocycles. The van der Waals surface area contributed by atoms with E-state index in [1.165, 1.54) is 0 Å². The van der Waals surface area contributed by atoms with E-state index < -0.39 is 6.04 Å². The van der Waals surface area contributed by atoms with Crippen molar-refractivity contribution >= 4 is 29.1 Å². The van der Waals surface area contributed by atoms with Gasteiger partial charge in [0.25, 0.3) is 5.91 Å².